The van der Waals surface area contributed by atoms with Crippen molar-refractivity contribution in [3.63, 3.8) is 0 Å². The lowest BCUT2D eigenvalue weighted by Gasteiger charge is -2.13. The number of rotatable bonds is 4. The van der Waals surface area contributed by atoms with Gasteiger partial charge >= 0.3 is 0 Å². The molecule has 2 aliphatic carbocycles. The first kappa shape index (κ1) is 27.1. The molecule has 0 saturated heterocycles. The van der Waals surface area contributed by atoms with Crippen LogP contribution in [0.5, 0.6) is 0 Å². The van der Waals surface area contributed by atoms with Gasteiger partial charge in [-0.15, -0.1) is 0 Å². The quantitative estimate of drug-likeness (QED) is 0.331. The van der Waals surface area contributed by atoms with E-state index in [2.05, 4.69) is 31.3 Å². The van der Waals surface area contributed by atoms with Crippen molar-refractivity contribution in [2.75, 3.05) is 17.8 Å². The third-order valence-corrected chi connectivity index (χ3v) is 6.60. The van der Waals surface area contributed by atoms with Crippen molar-refractivity contribution >= 4 is 40.9 Å². The van der Waals surface area contributed by atoms with Gasteiger partial charge in [0.05, 0.1) is 12.4 Å². The highest BCUT2D eigenvalue weighted by Crippen LogP contribution is 2.24. The topological polar surface area (TPSA) is 137 Å². The van der Waals surface area contributed by atoms with Crippen LogP contribution < -0.4 is 11.1 Å². The minimum Gasteiger partial charge on any atom is -0.366 e. The van der Waals surface area contributed by atoms with Gasteiger partial charge in [-0.25, -0.2) is 19.9 Å². The maximum atomic E-state index is 8.98. The molecule has 0 aliphatic heterocycles. The van der Waals surface area contributed by atoms with Gasteiger partial charge in [-0.3, -0.25) is 0 Å². The highest BCUT2D eigenvalue weighted by atomic mass is 35.5. The summed E-state index contributed by atoms with van der Waals surface area (Å²) in [4.78, 5) is 16.2. The highest BCUT2D eigenvalue weighted by molar-refractivity contribution is 7.98. The van der Waals surface area contributed by atoms with Crippen molar-refractivity contribution in [1.82, 2.24) is 19.9 Å². The molecule has 33 heavy (non-hydrogen) atoms. The molecule has 0 spiro atoms. The van der Waals surface area contributed by atoms with Crippen molar-refractivity contribution in [2.45, 2.75) is 73.8 Å². The Bertz CT molecular complexity index is 964. The molecule has 8 nitrogen and oxygen atoms in total. The summed E-state index contributed by atoms with van der Waals surface area (Å²) >= 11 is 8.50. The number of nitriles is 2. The summed E-state index contributed by atoms with van der Waals surface area (Å²) in [6.07, 6.45) is 16.9. The number of thioether (sulfide) groups is 2. The summed E-state index contributed by atoms with van der Waals surface area (Å²) in [5.41, 5.74) is 6.38. The van der Waals surface area contributed by atoms with E-state index in [0.717, 1.165) is 0 Å². The van der Waals surface area contributed by atoms with Crippen LogP contribution in [-0.2, 0) is 0 Å². The SMILES string of the molecule is CSc1ncc(C#N)c(Cl)n1.CSc1ncc(C#N)c(NC2CCCC2)n1.NC1CCCC1. The Morgan fingerprint density at radius 1 is 0.909 bits per heavy atom. The smallest absolute Gasteiger partial charge is 0.189 e. The average molecular weight is 505 g/mol. The molecule has 3 N–H and O–H groups in total. The third kappa shape index (κ3) is 9.34. The Morgan fingerprint density at radius 2 is 1.42 bits per heavy atom. The Kier molecular flexibility index (Phi) is 12.3. The maximum Gasteiger partial charge on any atom is 0.189 e. The second-order valence-corrected chi connectivity index (χ2v) is 9.48. The Morgan fingerprint density at radius 3 is 1.88 bits per heavy atom. The minimum atomic E-state index is 0.215. The number of nitrogens with zero attached hydrogens (tertiary/aromatic N) is 6. The zero-order chi connectivity index (χ0) is 24.1. The molecule has 2 heterocycles. The molecule has 0 atom stereocenters. The van der Waals surface area contributed by atoms with Crippen LogP contribution in [0.15, 0.2) is 22.7 Å². The molecule has 4 rings (SSSR count). The molecule has 176 valence electrons. The fourth-order valence-corrected chi connectivity index (χ4v) is 4.30. The molecule has 2 aromatic heterocycles. The summed E-state index contributed by atoms with van der Waals surface area (Å²) in [7, 11) is 0. The fourth-order valence-electron chi connectivity index (χ4n) is 3.40. The predicted molar refractivity (Wildman–Crippen MR) is 134 cm³/mol. The van der Waals surface area contributed by atoms with E-state index in [-0.39, 0.29) is 5.15 Å². The number of nitrogens with one attached hydrogen (secondary N) is 1. The summed E-state index contributed by atoms with van der Waals surface area (Å²) < 4.78 is 0. The standard InChI is InChI=1S/C11H14N4S.C6H4ClN3S.C5H11N/c1-16-11-13-7-8(6-12)10(15-11)14-9-4-2-3-5-9;1-11-6-9-3-4(2-8)5(7)10-6;6-5-3-1-2-4-5/h7,9H,2-5H2,1H3,(H,13,14,15);3H,1H3;5H,1-4,6H2. The van der Waals surface area contributed by atoms with Crippen molar-refractivity contribution in [3.05, 3.63) is 28.7 Å². The lowest BCUT2D eigenvalue weighted by atomic mass is 10.2. The zero-order valence-electron chi connectivity index (χ0n) is 18.9. The molecular weight excluding hydrogens is 476 g/mol. The van der Waals surface area contributed by atoms with E-state index in [1.165, 1.54) is 81.1 Å². The van der Waals surface area contributed by atoms with E-state index < -0.39 is 0 Å². The second kappa shape index (κ2) is 14.9. The van der Waals surface area contributed by atoms with Gasteiger partial charge in [-0.1, -0.05) is 60.8 Å². The number of nitrogens with two attached hydrogens (primary N) is 1. The molecule has 0 aromatic carbocycles. The van der Waals surface area contributed by atoms with Gasteiger partial charge in [0.1, 0.15) is 29.1 Å². The zero-order valence-corrected chi connectivity index (χ0v) is 21.3. The van der Waals surface area contributed by atoms with Crippen molar-refractivity contribution < 1.29 is 0 Å². The van der Waals surface area contributed by atoms with E-state index in [1.807, 2.05) is 18.6 Å². The van der Waals surface area contributed by atoms with Crippen molar-refractivity contribution in [2.24, 2.45) is 5.73 Å². The molecule has 0 unspecified atom stereocenters. The van der Waals surface area contributed by atoms with E-state index in [0.29, 0.717) is 39.3 Å². The Labute approximate surface area is 209 Å². The number of anilines is 1. The number of hydrogen-bond donors (Lipinski definition) is 2. The first-order chi connectivity index (χ1) is 16.0. The van der Waals surface area contributed by atoms with Crippen molar-refractivity contribution in [3.8, 4) is 12.1 Å². The van der Waals surface area contributed by atoms with E-state index >= 15 is 0 Å². The molecule has 2 saturated carbocycles. The monoisotopic (exact) mass is 504 g/mol. The van der Waals surface area contributed by atoms with Gasteiger partial charge in [0, 0.05) is 12.1 Å². The summed E-state index contributed by atoms with van der Waals surface area (Å²) in [5, 5.41) is 22.3. The van der Waals surface area contributed by atoms with Gasteiger partial charge in [-0.05, 0) is 38.2 Å². The Balaban J connectivity index is 0.000000195. The molecule has 0 amide bonds. The van der Waals surface area contributed by atoms with Crippen LogP contribution in [0.25, 0.3) is 0 Å². The molecule has 2 fully saturated rings. The predicted octanol–water partition coefficient (Wildman–Crippen LogP) is 5.04. The lowest BCUT2D eigenvalue weighted by Crippen LogP contribution is -2.17. The normalized spacial score (nSPS) is 15.5. The fraction of sp³-hybridized carbons (Fsp3) is 0.545. The highest BCUT2D eigenvalue weighted by Gasteiger charge is 2.17. The largest absolute Gasteiger partial charge is 0.366 e. The van der Waals surface area contributed by atoms with Crippen LogP contribution in [0.3, 0.4) is 0 Å². The number of aromatic nitrogens is 4. The third-order valence-electron chi connectivity index (χ3n) is 5.19. The maximum absolute atomic E-state index is 8.98. The average Bonchev–Trinajstić information content (AvgIpc) is 3.53. The molecule has 2 aliphatic rings. The van der Waals surface area contributed by atoms with Gasteiger partial charge in [0.25, 0.3) is 0 Å². The summed E-state index contributed by atoms with van der Waals surface area (Å²) in [6, 6.07) is 5.02. The van der Waals surface area contributed by atoms with Crippen LogP contribution >= 0.6 is 35.1 Å². The lowest BCUT2D eigenvalue weighted by molar-refractivity contribution is 0.704. The molecule has 0 radical (unpaired) electrons. The van der Waals surface area contributed by atoms with Crippen LogP contribution in [0, 0.1) is 22.7 Å². The van der Waals surface area contributed by atoms with Crippen LogP contribution in [0.2, 0.25) is 5.15 Å². The molecule has 2 aromatic rings. The van der Waals surface area contributed by atoms with Crippen LogP contribution in [0.1, 0.15) is 62.5 Å². The summed E-state index contributed by atoms with van der Waals surface area (Å²) in [5.74, 6) is 0.689. The van der Waals surface area contributed by atoms with Gasteiger partial charge in [0.2, 0.25) is 0 Å². The molecule has 11 heteroatoms. The number of hydrogen-bond acceptors (Lipinski definition) is 10. The van der Waals surface area contributed by atoms with E-state index in [4.69, 9.17) is 27.9 Å². The molecule has 0 bridgehead atoms. The van der Waals surface area contributed by atoms with E-state index in [1.54, 1.807) is 6.20 Å². The Hall–Kier alpha value is -2.11. The van der Waals surface area contributed by atoms with Crippen molar-refractivity contribution in [1.29, 1.82) is 10.5 Å². The van der Waals surface area contributed by atoms with Gasteiger partial charge in [0.15, 0.2) is 15.5 Å². The van der Waals surface area contributed by atoms with Gasteiger partial charge in [-0.2, -0.15) is 10.5 Å². The number of halogens is 1. The second-order valence-electron chi connectivity index (χ2n) is 7.57. The molecular formula is C22H29ClN8S2. The van der Waals surface area contributed by atoms with E-state index in [9.17, 15) is 0 Å². The van der Waals surface area contributed by atoms with Crippen LogP contribution in [0.4, 0.5) is 5.82 Å². The van der Waals surface area contributed by atoms with Crippen LogP contribution in [-0.4, -0.2) is 44.5 Å². The first-order valence-corrected chi connectivity index (χ1v) is 13.6. The first-order valence-electron chi connectivity index (χ1n) is 10.8. The summed E-state index contributed by atoms with van der Waals surface area (Å²) in [6.45, 7) is 0. The minimum absolute atomic E-state index is 0.215. The van der Waals surface area contributed by atoms with Gasteiger partial charge < -0.3 is 11.1 Å².